The Morgan fingerprint density at radius 1 is 1.07 bits per heavy atom. The molecule has 2 amide bonds. The fourth-order valence-electron chi connectivity index (χ4n) is 3.43. The van der Waals surface area contributed by atoms with Crippen molar-refractivity contribution in [3.05, 3.63) is 70.6 Å². The summed E-state index contributed by atoms with van der Waals surface area (Å²) in [5, 5.41) is 0. The predicted molar refractivity (Wildman–Crippen MR) is 103 cm³/mol. The van der Waals surface area contributed by atoms with Crippen LogP contribution in [0.3, 0.4) is 0 Å². The van der Waals surface area contributed by atoms with E-state index in [1.54, 1.807) is 23.2 Å². The highest BCUT2D eigenvalue weighted by Gasteiger charge is 2.30. The number of benzene rings is 1. The molecule has 1 saturated heterocycles. The first-order valence-corrected chi connectivity index (χ1v) is 9.35. The van der Waals surface area contributed by atoms with Crippen LogP contribution in [0.4, 0.5) is 0 Å². The predicted octanol–water partition coefficient (Wildman–Crippen LogP) is 1.89. The molecule has 1 unspecified atom stereocenters. The zero-order valence-electron chi connectivity index (χ0n) is 15.6. The van der Waals surface area contributed by atoms with Crippen LogP contribution in [0.5, 0.6) is 0 Å². The van der Waals surface area contributed by atoms with Crippen molar-refractivity contribution in [1.82, 2.24) is 14.4 Å². The number of hydrogen-bond donors (Lipinski definition) is 0. The maximum Gasteiger partial charge on any atom is 0.250 e. The summed E-state index contributed by atoms with van der Waals surface area (Å²) in [5.74, 6) is -0.0611. The van der Waals surface area contributed by atoms with Gasteiger partial charge >= 0.3 is 0 Å². The second-order valence-corrected chi connectivity index (χ2v) is 6.83. The fourth-order valence-corrected chi connectivity index (χ4v) is 3.43. The molecule has 1 aromatic carbocycles. The Kier molecular flexibility index (Phi) is 6.06. The second-order valence-electron chi connectivity index (χ2n) is 6.83. The van der Waals surface area contributed by atoms with Crippen LogP contribution in [-0.2, 0) is 22.7 Å². The maximum absolute atomic E-state index is 12.7. The lowest BCUT2D eigenvalue weighted by Crippen LogP contribution is -2.44. The van der Waals surface area contributed by atoms with Gasteiger partial charge in [-0.3, -0.25) is 14.4 Å². The number of pyridine rings is 1. The quantitative estimate of drug-likeness (QED) is 0.811. The average Bonchev–Trinajstić information content (AvgIpc) is 2.84. The molecule has 1 aromatic heterocycles. The minimum Gasteiger partial charge on any atom is -0.339 e. The van der Waals surface area contributed by atoms with E-state index in [1.165, 1.54) is 10.6 Å². The van der Waals surface area contributed by atoms with Gasteiger partial charge in [-0.1, -0.05) is 43.3 Å². The molecule has 0 bridgehead atoms. The van der Waals surface area contributed by atoms with Crippen molar-refractivity contribution in [2.24, 2.45) is 0 Å². The van der Waals surface area contributed by atoms with E-state index in [0.29, 0.717) is 26.1 Å². The van der Waals surface area contributed by atoms with Gasteiger partial charge in [0.15, 0.2) is 0 Å². The molecule has 2 heterocycles. The van der Waals surface area contributed by atoms with E-state index in [2.05, 4.69) is 0 Å². The molecule has 0 radical (unpaired) electrons. The lowest BCUT2D eigenvalue weighted by atomic mass is 10.1. The van der Waals surface area contributed by atoms with E-state index in [4.69, 9.17) is 0 Å². The molecule has 2 aromatic rings. The third-order valence-electron chi connectivity index (χ3n) is 5.01. The highest BCUT2D eigenvalue weighted by molar-refractivity contribution is 5.80. The Morgan fingerprint density at radius 2 is 1.81 bits per heavy atom. The lowest BCUT2D eigenvalue weighted by Gasteiger charge is -2.31. The third-order valence-corrected chi connectivity index (χ3v) is 5.01. The molecule has 27 heavy (non-hydrogen) atoms. The number of amides is 2. The van der Waals surface area contributed by atoms with Crippen molar-refractivity contribution in [3.8, 4) is 0 Å². The highest BCUT2D eigenvalue weighted by atomic mass is 16.2. The van der Waals surface area contributed by atoms with E-state index >= 15 is 0 Å². The standard InChI is InChI=1S/C21H25N3O3/c1-2-18-15-23(21(27)16-22-12-7-6-10-19(22)25)13-11-20(26)24(18)14-17-8-4-3-5-9-17/h3-10,12,18H,2,11,13-16H2,1H3. The summed E-state index contributed by atoms with van der Waals surface area (Å²) in [6.45, 7) is 3.48. The van der Waals surface area contributed by atoms with Gasteiger partial charge in [0.1, 0.15) is 6.54 Å². The first kappa shape index (κ1) is 18.9. The van der Waals surface area contributed by atoms with Crippen LogP contribution in [-0.4, -0.2) is 45.3 Å². The molecule has 6 nitrogen and oxygen atoms in total. The van der Waals surface area contributed by atoms with Gasteiger partial charge in [-0.25, -0.2) is 0 Å². The Balaban J connectivity index is 1.73. The van der Waals surface area contributed by atoms with Crippen LogP contribution >= 0.6 is 0 Å². The number of carbonyl (C=O) groups is 2. The maximum atomic E-state index is 12.7. The first-order chi connectivity index (χ1) is 13.1. The Morgan fingerprint density at radius 3 is 2.52 bits per heavy atom. The van der Waals surface area contributed by atoms with Crippen LogP contribution < -0.4 is 5.56 Å². The van der Waals surface area contributed by atoms with Gasteiger partial charge in [0, 0.05) is 44.4 Å². The molecule has 6 heteroatoms. The van der Waals surface area contributed by atoms with E-state index in [0.717, 1.165) is 12.0 Å². The molecule has 1 aliphatic heterocycles. The summed E-state index contributed by atoms with van der Waals surface area (Å²) in [6.07, 6.45) is 2.69. The summed E-state index contributed by atoms with van der Waals surface area (Å²) in [4.78, 5) is 40.9. The molecule has 0 N–H and O–H groups in total. The molecule has 0 saturated carbocycles. The van der Waals surface area contributed by atoms with Crippen LogP contribution in [0.25, 0.3) is 0 Å². The van der Waals surface area contributed by atoms with Crippen LogP contribution in [0.15, 0.2) is 59.5 Å². The fraction of sp³-hybridized carbons (Fsp3) is 0.381. The van der Waals surface area contributed by atoms with Crippen LogP contribution in [0.1, 0.15) is 25.3 Å². The number of aromatic nitrogens is 1. The first-order valence-electron chi connectivity index (χ1n) is 9.35. The van der Waals surface area contributed by atoms with Gasteiger partial charge < -0.3 is 14.4 Å². The zero-order chi connectivity index (χ0) is 19.2. The SMILES string of the molecule is CCC1CN(C(=O)Cn2ccccc2=O)CCC(=O)N1Cc1ccccc1. The lowest BCUT2D eigenvalue weighted by molar-refractivity contribution is -0.133. The summed E-state index contributed by atoms with van der Waals surface area (Å²) in [5.41, 5.74) is 0.884. The molecule has 142 valence electrons. The van der Waals surface area contributed by atoms with Gasteiger partial charge in [-0.2, -0.15) is 0 Å². The van der Waals surface area contributed by atoms with Gasteiger partial charge in [-0.05, 0) is 18.1 Å². The Bertz CT molecular complexity index is 847. The topological polar surface area (TPSA) is 62.6 Å². The van der Waals surface area contributed by atoms with Gasteiger partial charge in [0.05, 0.1) is 0 Å². The van der Waals surface area contributed by atoms with E-state index < -0.39 is 0 Å². The monoisotopic (exact) mass is 367 g/mol. The molecule has 1 fully saturated rings. The average molecular weight is 367 g/mol. The Labute approximate surface area is 159 Å². The molecular weight excluding hydrogens is 342 g/mol. The smallest absolute Gasteiger partial charge is 0.250 e. The van der Waals surface area contributed by atoms with Gasteiger partial charge in [0.2, 0.25) is 11.8 Å². The van der Waals surface area contributed by atoms with E-state index in [9.17, 15) is 14.4 Å². The van der Waals surface area contributed by atoms with Crippen molar-refractivity contribution in [2.45, 2.75) is 38.9 Å². The van der Waals surface area contributed by atoms with Crippen molar-refractivity contribution < 1.29 is 9.59 Å². The number of rotatable bonds is 5. The highest BCUT2D eigenvalue weighted by Crippen LogP contribution is 2.18. The van der Waals surface area contributed by atoms with Gasteiger partial charge in [0.25, 0.3) is 5.56 Å². The van der Waals surface area contributed by atoms with E-state index in [1.807, 2.05) is 42.2 Å². The van der Waals surface area contributed by atoms with Gasteiger partial charge in [-0.15, -0.1) is 0 Å². The zero-order valence-corrected chi connectivity index (χ0v) is 15.6. The minimum absolute atomic E-state index is 0.00296. The van der Waals surface area contributed by atoms with E-state index in [-0.39, 0.29) is 30.0 Å². The van der Waals surface area contributed by atoms with Crippen molar-refractivity contribution in [3.63, 3.8) is 0 Å². The molecule has 0 aliphatic carbocycles. The minimum atomic E-state index is -0.200. The second kappa shape index (κ2) is 8.66. The van der Waals surface area contributed by atoms with Crippen molar-refractivity contribution in [1.29, 1.82) is 0 Å². The van der Waals surface area contributed by atoms with Crippen LogP contribution in [0.2, 0.25) is 0 Å². The number of nitrogens with zero attached hydrogens (tertiary/aromatic N) is 3. The summed E-state index contributed by atoms with van der Waals surface area (Å²) < 4.78 is 1.40. The molecule has 0 spiro atoms. The number of hydrogen-bond acceptors (Lipinski definition) is 3. The van der Waals surface area contributed by atoms with Crippen LogP contribution in [0, 0.1) is 0 Å². The third kappa shape index (κ3) is 4.64. The largest absolute Gasteiger partial charge is 0.339 e. The molecule has 1 atom stereocenters. The molecule has 3 rings (SSSR count). The molecule has 1 aliphatic rings. The normalized spacial score (nSPS) is 17.7. The van der Waals surface area contributed by atoms with Crippen molar-refractivity contribution in [2.75, 3.05) is 13.1 Å². The number of carbonyl (C=O) groups excluding carboxylic acids is 2. The van der Waals surface area contributed by atoms with Crippen molar-refractivity contribution >= 4 is 11.8 Å². The summed E-state index contributed by atoms with van der Waals surface area (Å²) in [7, 11) is 0. The Hall–Kier alpha value is -2.89. The molecular formula is C21H25N3O3. The summed E-state index contributed by atoms with van der Waals surface area (Å²) in [6, 6.07) is 14.7. The summed E-state index contributed by atoms with van der Waals surface area (Å²) >= 11 is 0.